The van der Waals surface area contributed by atoms with Crippen molar-refractivity contribution in [1.82, 2.24) is 19.4 Å². The largest absolute Gasteiger partial charge is 0.497 e. The molecule has 0 spiro atoms. The van der Waals surface area contributed by atoms with Gasteiger partial charge < -0.3 is 19.9 Å². The number of urea groups is 1. The third-order valence-electron chi connectivity index (χ3n) is 7.48. The number of nitrogens with one attached hydrogen (secondary N) is 1. The number of piperidine rings is 1. The molecule has 1 fully saturated rings. The molecule has 1 N–H and O–H groups in total. The van der Waals surface area contributed by atoms with Gasteiger partial charge in [0.25, 0.3) is 0 Å². The lowest BCUT2D eigenvalue weighted by Crippen LogP contribution is -2.52. The van der Waals surface area contributed by atoms with Gasteiger partial charge in [0.1, 0.15) is 5.75 Å². The standard InChI is InChI=1S/C32H40N4O5S/c1-3-20-35(42(39,40)30-12-8-5-9-13-30)25-31(37)36(24-27-14-16-29(41-2)17-15-27)28-18-21-34(22-19-28)32(38)33-23-26-10-6-4-7-11-26/h4-17,28H,3,18-25H2,1-2H3,(H,33,38). The first-order valence-corrected chi connectivity index (χ1v) is 15.8. The molecule has 0 unspecified atom stereocenters. The number of hydrogen-bond donors (Lipinski definition) is 1. The van der Waals surface area contributed by atoms with E-state index in [1.807, 2.05) is 61.5 Å². The van der Waals surface area contributed by atoms with Crippen molar-refractivity contribution < 1.29 is 22.7 Å². The number of carbonyl (C=O) groups is 2. The minimum atomic E-state index is -3.85. The number of likely N-dealkylation sites (tertiary alicyclic amines) is 1. The van der Waals surface area contributed by atoms with Gasteiger partial charge in [-0.2, -0.15) is 4.31 Å². The van der Waals surface area contributed by atoms with Gasteiger partial charge in [0.15, 0.2) is 0 Å². The van der Waals surface area contributed by atoms with Gasteiger partial charge in [-0.25, -0.2) is 13.2 Å². The SMILES string of the molecule is CCCN(CC(=O)N(Cc1ccc(OC)cc1)C1CCN(C(=O)NCc2ccccc2)CC1)S(=O)(=O)c1ccccc1. The number of methoxy groups -OCH3 is 1. The minimum Gasteiger partial charge on any atom is -0.497 e. The Morgan fingerprint density at radius 1 is 0.905 bits per heavy atom. The first-order chi connectivity index (χ1) is 20.3. The second kappa shape index (κ2) is 14.8. The second-order valence-electron chi connectivity index (χ2n) is 10.4. The highest BCUT2D eigenvalue weighted by Crippen LogP contribution is 2.23. The predicted molar refractivity (Wildman–Crippen MR) is 162 cm³/mol. The molecule has 3 aromatic rings. The van der Waals surface area contributed by atoms with E-state index in [4.69, 9.17) is 4.74 Å². The van der Waals surface area contributed by atoms with E-state index in [0.29, 0.717) is 45.4 Å². The average molecular weight is 593 g/mol. The van der Waals surface area contributed by atoms with Gasteiger partial charge in [0.2, 0.25) is 15.9 Å². The van der Waals surface area contributed by atoms with Crippen molar-refractivity contribution >= 4 is 22.0 Å². The van der Waals surface area contributed by atoms with Crippen LogP contribution in [0.2, 0.25) is 0 Å². The number of benzene rings is 3. The predicted octanol–water partition coefficient (Wildman–Crippen LogP) is 4.50. The van der Waals surface area contributed by atoms with E-state index in [0.717, 1.165) is 16.9 Å². The summed E-state index contributed by atoms with van der Waals surface area (Å²) in [6, 6.07) is 25.2. The quantitative estimate of drug-likeness (QED) is 0.334. The van der Waals surface area contributed by atoms with Crippen molar-refractivity contribution in [3.05, 3.63) is 96.1 Å². The van der Waals surface area contributed by atoms with Crippen LogP contribution in [0.4, 0.5) is 4.79 Å². The first-order valence-electron chi connectivity index (χ1n) is 14.4. The van der Waals surface area contributed by atoms with Crippen LogP contribution in [0, 0.1) is 0 Å². The van der Waals surface area contributed by atoms with Crippen LogP contribution in [-0.2, 0) is 27.9 Å². The molecule has 1 heterocycles. The Bertz CT molecular complexity index is 1390. The summed E-state index contributed by atoms with van der Waals surface area (Å²) >= 11 is 0. The van der Waals surface area contributed by atoms with Gasteiger partial charge in [-0.15, -0.1) is 0 Å². The highest BCUT2D eigenvalue weighted by atomic mass is 32.2. The molecule has 42 heavy (non-hydrogen) atoms. The summed E-state index contributed by atoms with van der Waals surface area (Å²) in [7, 11) is -2.24. The molecule has 10 heteroatoms. The molecule has 3 aromatic carbocycles. The Balaban J connectivity index is 1.47. The summed E-state index contributed by atoms with van der Waals surface area (Å²) in [5, 5.41) is 2.98. The fourth-order valence-corrected chi connectivity index (χ4v) is 6.63. The Morgan fingerprint density at radius 3 is 2.12 bits per heavy atom. The zero-order valence-electron chi connectivity index (χ0n) is 24.3. The van der Waals surface area contributed by atoms with Gasteiger partial charge in [-0.3, -0.25) is 4.79 Å². The van der Waals surface area contributed by atoms with Gasteiger partial charge >= 0.3 is 6.03 Å². The molecule has 1 aliphatic rings. The normalized spacial score (nSPS) is 14.0. The molecule has 0 aliphatic carbocycles. The van der Waals surface area contributed by atoms with E-state index in [1.165, 1.54) is 4.31 Å². The number of carbonyl (C=O) groups excluding carboxylic acids is 2. The molecule has 0 radical (unpaired) electrons. The fourth-order valence-electron chi connectivity index (χ4n) is 5.13. The van der Waals surface area contributed by atoms with Crippen molar-refractivity contribution in [3.63, 3.8) is 0 Å². The molecular formula is C32H40N4O5S. The molecule has 0 aromatic heterocycles. The van der Waals surface area contributed by atoms with Crippen LogP contribution in [0.15, 0.2) is 89.8 Å². The molecule has 224 valence electrons. The zero-order chi connectivity index (χ0) is 30.0. The third kappa shape index (κ3) is 8.10. The van der Waals surface area contributed by atoms with E-state index < -0.39 is 10.0 Å². The summed E-state index contributed by atoms with van der Waals surface area (Å²) in [5.74, 6) is 0.459. The monoisotopic (exact) mass is 592 g/mol. The van der Waals surface area contributed by atoms with E-state index in [9.17, 15) is 18.0 Å². The van der Waals surface area contributed by atoms with Crippen LogP contribution in [-0.4, -0.2) is 73.8 Å². The second-order valence-corrected chi connectivity index (χ2v) is 12.3. The number of rotatable bonds is 12. The van der Waals surface area contributed by atoms with Crippen LogP contribution in [0.1, 0.15) is 37.3 Å². The molecular weight excluding hydrogens is 552 g/mol. The number of amides is 3. The molecule has 0 bridgehead atoms. The van der Waals surface area contributed by atoms with E-state index in [1.54, 1.807) is 47.2 Å². The smallest absolute Gasteiger partial charge is 0.317 e. The van der Waals surface area contributed by atoms with Gasteiger partial charge in [0, 0.05) is 38.8 Å². The fraction of sp³-hybridized carbons (Fsp3) is 0.375. The minimum absolute atomic E-state index is 0.131. The van der Waals surface area contributed by atoms with Crippen LogP contribution < -0.4 is 10.1 Å². The molecule has 0 saturated carbocycles. The molecule has 0 atom stereocenters. The van der Waals surface area contributed by atoms with Crippen LogP contribution in [0.3, 0.4) is 0 Å². The van der Waals surface area contributed by atoms with Gasteiger partial charge in [-0.1, -0.05) is 67.6 Å². The summed E-state index contributed by atoms with van der Waals surface area (Å²) < 4.78 is 33.5. The highest BCUT2D eigenvalue weighted by molar-refractivity contribution is 7.89. The van der Waals surface area contributed by atoms with E-state index in [2.05, 4.69) is 5.32 Å². The maximum Gasteiger partial charge on any atom is 0.317 e. The highest BCUT2D eigenvalue weighted by Gasteiger charge is 2.33. The van der Waals surface area contributed by atoms with Crippen molar-refractivity contribution in [3.8, 4) is 5.75 Å². The maximum atomic E-state index is 13.9. The molecule has 9 nitrogen and oxygen atoms in total. The first kappa shape index (κ1) is 31.1. The molecule has 3 amide bonds. The van der Waals surface area contributed by atoms with Crippen molar-refractivity contribution in [1.29, 1.82) is 0 Å². The number of nitrogens with zero attached hydrogens (tertiary/aromatic N) is 3. The van der Waals surface area contributed by atoms with Crippen LogP contribution >= 0.6 is 0 Å². The lowest BCUT2D eigenvalue weighted by atomic mass is 10.0. The number of sulfonamides is 1. The molecule has 1 saturated heterocycles. The average Bonchev–Trinajstić information content (AvgIpc) is 3.03. The lowest BCUT2D eigenvalue weighted by molar-refractivity contribution is -0.135. The van der Waals surface area contributed by atoms with Gasteiger partial charge in [0.05, 0.1) is 18.6 Å². The van der Waals surface area contributed by atoms with E-state index in [-0.39, 0.29) is 36.0 Å². The Hall–Kier alpha value is -3.89. The summed E-state index contributed by atoms with van der Waals surface area (Å²) in [6.45, 7) is 3.66. The summed E-state index contributed by atoms with van der Waals surface area (Å²) in [4.78, 5) is 30.5. The van der Waals surface area contributed by atoms with E-state index >= 15 is 0 Å². The van der Waals surface area contributed by atoms with Crippen LogP contribution in [0.5, 0.6) is 5.75 Å². The lowest BCUT2D eigenvalue weighted by Gasteiger charge is -2.39. The summed E-state index contributed by atoms with van der Waals surface area (Å²) in [5.41, 5.74) is 1.94. The maximum absolute atomic E-state index is 13.9. The van der Waals surface area contributed by atoms with Crippen molar-refractivity contribution in [2.75, 3.05) is 33.3 Å². The summed E-state index contributed by atoms with van der Waals surface area (Å²) in [6.07, 6.45) is 1.77. The van der Waals surface area contributed by atoms with Gasteiger partial charge in [-0.05, 0) is 54.7 Å². The van der Waals surface area contributed by atoms with Crippen molar-refractivity contribution in [2.24, 2.45) is 0 Å². The van der Waals surface area contributed by atoms with Crippen LogP contribution in [0.25, 0.3) is 0 Å². The molecule has 4 rings (SSSR count). The number of ether oxygens (including phenoxy) is 1. The number of hydrogen-bond acceptors (Lipinski definition) is 5. The van der Waals surface area contributed by atoms with Crippen molar-refractivity contribution in [2.45, 2.75) is 50.2 Å². The Kier molecular flexibility index (Phi) is 11.0. The Morgan fingerprint density at radius 2 is 1.52 bits per heavy atom. The zero-order valence-corrected chi connectivity index (χ0v) is 25.1. The molecule has 1 aliphatic heterocycles. The third-order valence-corrected chi connectivity index (χ3v) is 9.34. The Labute approximate surface area is 249 Å². The topological polar surface area (TPSA) is 99.3 Å².